The van der Waals surface area contributed by atoms with Gasteiger partial charge in [-0.2, -0.15) is 4.98 Å². The van der Waals surface area contributed by atoms with Crippen LogP contribution in [0, 0.1) is 6.92 Å². The second-order valence-corrected chi connectivity index (χ2v) is 7.78. The number of rotatable bonds is 7. The first kappa shape index (κ1) is 19.2. The van der Waals surface area contributed by atoms with Crippen molar-refractivity contribution >= 4 is 22.8 Å². The lowest BCUT2D eigenvalue weighted by atomic mass is 10.1. The molecule has 4 rings (SSSR count). The Labute approximate surface area is 169 Å². The molecule has 2 N–H and O–H groups in total. The maximum atomic E-state index is 13.1. The number of nitrogens with one attached hydrogen (secondary N) is 2. The summed E-state index contributed by atoms with van der Waals surface area (Å²) in [5, 5.41) is 7.13. The molecule has 7 heteroatoms. The summed E-state index contributed by atoms with van der Waals surface area (Å²) >= 11 is 0. The van der Waals surface area contributed by atoms with E-state index in [9.17, 15) is 4.79 Å². The molecule has 2 aromatic heterocycles. The molecule has 2 heterocycles. The van der Waals surface area contributed by atoms with Crippen molar-refractivity contribution in [1.82, 2.24) is 15.3 Å². The molecule has 1 fully saturated rings. The van der Waals surface area contributed by atoms with Crippen LogP contribution in [0.4, 0.5) is 5.82 Å². The first-order chi connectivity index (χ1) is 13.9. The van der Waals surface area contributed by atoms with Crippen molar-refractivity contribution in [2.45, 2.75) is 52.1 Å². The zero-order valence-corrected chi connectivity index (χ0v) is 17.3. The van der Waals surface area contributed by atoms with E-state index in [2.05, 4.69) is 27.5 Å². The van der Waals surface area contributed by atoms with Crippen molar-refractivity contribution in [3.63, 3.8) is 0 Å². The average Bonchev–Trinajstić information content (AvgIpc) is 3.34. The van der Waals surface area contributed by atoms with Gasteiger partial charge in [-0.25, -0.2) is 4.98 Å². The molecule has 0 saturated heterocycles. The fourth-order valence-corrected chi connectivity index (χ4v) is 3.33. The number of fused-ring (bicyclic) bond motifs is 1. The molecular formula is C22H26N4O3. The number of furan rings is 1. The largest absolute Gasteiger partial charge is 0.497 e. The zero-order valence-electron chi connectivity index (χ0n) is 17.3. The number of benzene rings is 1. The van der Waals surface area contributed by atoms with Crippen LogP contribution in [-0.2, 0) is 13.0 Å². The van der Waals surface area contributed by atoms with E-state index in [-0.39, 0.29) is 11.4 Å². The molecule has 1 aliphatic rings. The van der Waals surface area contributed by atoms with Gasteiger partial charge in [-0.15, -0.1) is 0 Å². The van der Waals surface area contributed by atoms with E-state index < -0.39 is 0 Å². The summed E-state index contributed by atoms with van der Waals surface area (Å²) in [7, 11) is 1.62. The SMILES string of the molecule is CCc1nc(NC2(C)CC2)c2c(C(=O)NCc3cccc(OC)c3)c(C)oc2n1. The van der Waals surface area contributed by atoms with E-state index in [0.29, 0.717) is 47.0 Å². The van der Waals surface area contributed by atoms with Gasteiger partial charge in [-0.3, -0.25) is 4.79 Å². The molecule has 0 aliphatic heterocycles. The van der Waals surface area contributed by atoms with Gasteiger partial charge in [0, 0.05) is 18.5 Å². The Kier molecular flexibility index (Phi) is 4.90. The number of hydrogen-bond donors (Lipinski definition) is 2. The normalized spacial score (nSPS) is 14.6. The highest BCUT2D eigenvalue weighted by Gasteiger charge is 2.38. The average molecular weight is 394 g/mol. The summed E-state index contributed by atoms with van der Waals surface area (Å²) in [5.74, 6) is 2.46. The molecule has 1 amide bonds. The highest BCUT2D eigenvalue weighted by Crippen LogP contribution is 2.40. The second-order valence-electron chi connectivity index (χ2n) is 7.78. The van der Waals surface area contributed by atoms with Gasteiger partial charge in [0.15, 0.2) is 0 Å². The molecular weight excluding hydrogens is 368 g/mol. The second kappa shape index (κ2) is 7.39. The lowest BCUT2D eigenvalue weighted by Crippen LogP contribution is -2.24. The molecule has 3 aromatic rings. The van der Waals surface area contributed by atoms with Crippen molar-refractivity contribution in [2.75, 3.05) is 12.4 Å². The zero-order chi connectivity index (χ0) is 20.6. The Morgan fingerprint density at radius 3 is 2.79 bits per heavy atom. The summed E-state index contributed by atoms with van der Waals surface area (Å²) in [6, 6.07) is 7.62. The van der Waals surface area contributed by atoms with Crippen LogP contribution >= 0.6 is 0 Å². The Morgan fingerprint density at radius 2 is 2.10 bits per heavy atom. The number of aryl methyl sites for hydroxylation is 2. The van der Waals surface area contributed by atoms with Crippen LogP contribution < -0.4 is 15.4 Å². The fraction of sp³-hybridized carbons (Fsp3) is 0.409. The maximum absolute atomic E-state index is 13.1. The first-order valence-electron chi connectivity index (χ1n) is 9.92. The third-order valence-corrected chi connectivity index (χ3v) is 5.32. The standard InChI is InChI=1S/C22H26N4O3/c1-5-16-24-19(26-22(3)9-10-22)18-17(13(2)29-21(18)25-16)20(27)23-12-14-7-6-8-15(11-14)28-4/h6-8,11H,5,9-10,12H2,1-4H3,(H,23,27)(H,24,25,26). The highest BCUT2D eigenvalue weighted by atomic mass is 16.5. The number of methoxy groups -OCH3 is 1. The minimum Gasteiger partial charge on any atom is -0.497 e. The molecule has 0 atom stereocenters. The number of anilines is 1. The van der Waals surface area contributed by atoms with E-state index in [1.807, 2.05) is 31.2 Å². The van der Waals surface area contributed by atoms with Crippen LogP contribution in [-0.4, -0.2) is 28.5 Å². The summed E-state index contributed by atoms with van der Waals surface area (Å²) in [4.78, 5) is 22.2. The van der Waals surface area contributed by atoms with E-state index in [1.165, 1.54) is 0 Å². The number of ether oxygens (including phenoxy) is 1. The minimum absolute atomic E-state index is 0.0197. The molecule has 0 bridgehead atoms. The molecule has 0 radical (unpaired) electrons. The van der Waals surface area contributed by atoms with Crippen molar-refractivity contribution in [2.24, 2.45) is 0 Å². The number of amides is 1. The smallest absolute Gasteiger partial charge is 0.255 e. The lowest BCUT2D eigenvalue weighted by Gasteiger charge is -2.14. The van der Waals surface area contributed by atoms with Gasteiger partial charge in [0.1, 0.15) is 23.2 Å². The van der Waals surface area contributed by atoms with Crippen LogP contribution in [0.5, 0.6) is 5.75 Å². The van der Waals surface area contributed by atoms with Crippen LogP contribution in [0.25, 0.3) is 11.1 Å². The summed E-state index contributed by atoms with van der Waals surface area (Å²) in [6.07, 6.45) is 2.85. The topological polar surface area (TPSA) is 89.3 Å². The predicted molar refractivity (Wildman–Crippen MR) is 111 cm³/mol. The molecule has 152 valence electrons. The number of carbonyl (C=O) groups is 1. The number of hydrogen-bond acceptors (Lipinski definition) is 6. The van der Waals surface area contributed by atoms with Crippen LogP contribution in [0.15, 0.2) is 28.7 Å². The molecule has 1 aromatic carbocycles. The highest BCUT2D eigenvalue weighted by molar-refractivity contribution is 6.10. The van der Waals surface area contributed by atoms with Gasteiger partial charge in [-0.1, -0.05) is 19.1 Å². The van der Waals surface area contributed by atoms with Gasteiger partial charge in [0.2, 0.25) is 5.71 Å². The first-order valence-corrected chi connectivity index (χ1v) is 9.92. The van der Waals surface area contributed by atoms with Crippen LogP contribution in [0.1, 0.15) is 54.2 Å². The summed E-state index contributed by atoms with van der Waals surface area (Å²) in [5.41, 5.74) is 1.91. The quantitative estimate of drug-likeness (QED) is 0.630. The van der Waals surface area contributed by atoms with Crippen LogP contribution in [0.2, 0.25) is 0 Å². The van der Waals surface area contributed by atoms with Gasteiger partial charge in [0.05, 0.1) is 18.1 Å². The van der Waals surface area contributed by atoms with Crippen molar-refractivity contribution in [3.8, 4) is 5.75 Å². The maximum Gasteiger partial charge on any atom is 0.255 e. The predicted octanol–water partition coefficient (Wildman–Crippen LogP) is 4.00. The Morgan fingerprint density at radius 1 is 1.31 bits per heavy atom. The monoisotopic (exact) mass is 394 g/mol. The molecule has 0 unspecified atom stereocenters. The third-order valence-electron chi connectivity index (χ3n) is 5.32. The van der Waals surface area contributed by atoms with Crippen molar-refractivity contribution in [1.29, 1.82) is 0 Å². The van der Waals surface area contributed by atoms with E-state index in [4.69, 9.17) is 9.15 Å². The van der Waals surface area contributed by atoms with Crippen LogP contribution in [0.3, 0.4) is 0 Å². The van der Waals surface area contributed by atoms with Gasteiger partial charge in [-0.05, 0) is 44.4 Å². The molecule has 1 saturated carbocycles. The number of carbonyl (C=O) groups excluding carboxylic acids is 1. The lowest BCUT2D eigenvalue weighted by molar-refractivity contribution is 0.0950. The molecule has 29 heavy (non-hydrogen) atoms. The summed E-state index contributed by atoms with van der Waals surface area (Å²) in [6.45, 7) is 6.33. The molecule has 0 spiro atoms. The van der Waals surface area contributed by atoms with E-state index in [0.717, 1.165) is 24.2 Å². The van der Waals surface area contributed by atoms with Gasteiger partial charge in [0.25, 0.3) is 5.91 Å². The Balaban J connectivity index is 1.66. The number of aromatic nitrogens is 2. The summed E-state index contributed by atoms with van der Waals surface area (Å²) < 4.78 is 11.1. The van der Waals surface area contributed by atoms with E-state index in [1.54, 1.807) is 14.0 Å². The van der Waals surface area contributed by atoms with Gasteiger partial charge >= 0.3 is 0 Å². The number of nitrogens with zero attached hydrogens (tertiary/aromatic N) is 2. The molecule has 1 aliphatic carbocycles. The van der Waals surface area contributed by atoms with Crippen molar-refractivity contribution in [3.05, 3.63) is 47.0 Å². The molecule has 7 nitrogen and oxygen atoms in total. The van der Waals surface area contributed by atoms with Gasteiger partial charge < -0.3 is 19.8 Å². The Hall–Kier alpha value is -3.09. The minimum atomic E-state index is -0.207. The Bertz CT molecular complexity index is 1070. The van der Waals surface area contributed by atoms with E-state index >= 15 is 0 Å². The van der Waals surface area contributed by atoms with Crippen molar-refractivity contribution < 1.29 is 13.9 Å². The fourth-order valence-electron chi connectivity index (χ4n) is 3.33. The third kappa shape index (κ3) is 3.90.